The standard InChI is InChI=1S/C29H36N2O5S/c1-20-8-15-25(16-9-20)37(33,34)31(24-14-17-26(35-6)27(18-24)36-7)19-28(32)30-21(2)22-10-12-23(13-11-22)29(3,4)5/h8-18,21H,19H2,1-7H3,(H,30,32). The molecular formula is C29H36N2O5S. The second-order valence-electron chi connectivity index (χ2n) is 10.0. The molecule has 0 heterocycles. The summed E-state index contributed by atoms with van der Waals surface area (Å²) < 4.78 is 39.1. The van der Waals surface area contributed by atoms with Gasteiger partial charge in [0.2, 0.25) is 5.91 Å². The highest BCUT2D eigenvalue weighted by Crippen LogP contribution is 2.34. The zero-order valence-electron chi connectivity index (χ0n) is 22.5. The van der Waals surface area contributed by atoms with Gasteiger partial charge in [-0.1, -0.05) is 62.7 Å². The Hall–Kier alpha value is -3.52. The minimum Gasteiger partial charge on any atom is -0.493 e. The molecule has 0 spiro atoms. The molecule has 0 saturated heterocycles. The molecule has 7 nitrogen and oxygen atoms in total. The number of hydrogen-bond acceptors (Lipinski definition) is 5. The molecule has 3 rings (SSSR count). The van der Waals surface area contributed by atoms with E-state index in [0.717, 1.165) is 15.4 Å². The third-order valence-corrected chi connectivity index (χ3v) is 7.99. The molecule has 198 valence electrons. The third-order valence-electron chi connectivity index (χ3n) is 6.21. The molecular weight excluding hydrogens is 488 g/mol. The van der Waals surface area contributed by atoms with Gasteiger partial charge in [0.25, 0.3) is 10.0 Å². The second kappa shape index (κ2) is 11.3. The van der Waals surface area contributed by atoms with Gasteiger partial charge in [-0.05, 0) is 54.7 Å². The van der Waals surface area contributed by atoms with Gasteiger partial charge in [-0.2, -0.15) is 0 Å². The van der Waals surface area contributed by atoms with Crippen molar-refractivity contribution in [3.63, 3.8) is 0 Å². The van der Waals surface area contributed by atoms with Gasteiger partial charge in [-0.3, -0.25) is 9.10 Å². The number of methoxy groups -OCH3 is 2. The molecule has 0 aliphatic carbocycles. The van der Waals surface area contributed by atoms with Gasteiger partial charge in [0.1, 0.15) is 6.54 Å². The van der Waals surface area contributed by atoms with Crippen molar-refractivity contribution in [3.05, 3.63) is 83.4 Å². The number of nitrogens with one attached hydrogen (secondary N) is 1. The molecule has 37 heavy (non-hydrogen) atoms. The van der Waals surface area contributed by atoms with Crippen LogP contribution < -0.4 is 19.1 Å². The van der Waals surface area contributed by atoms with E-state index >= 15 is 0 Å². The van der Waals surface area contributed by atoms with Crippen LogP contribution in [-0.4, -0.2) is 35.1 Å². The summed E-state index contributed by atoms with van der Waals surface area (Å²) in [7, 11) is -1.08. The summed E-state index contributed by atoms with van der Waals surface area (Å²) in [5.74, 6) is 0.380. The van der Waals surface area contributed by atoms with E-state index in [-0.39, 0.29) is 22.0 Å². The van der Waals surface area contributed by atoms with Crippen molar-refractivity contribution in [1.82, 2.24) is 5.32 Å². The first-order chi connectivity index (χ1) is 17.4. The van der Waals surface area contributed by atoms with E-state index in [1.165, 1.54) is 31.9 Å². The minimum atomic E-state index is -4.06. The number of anilines is 1. The SMILES string of the molecule is COc1ccc(N(CC(=O)NC(C)c2ccc(C(C)(C)C)cc2)S(=O)(=O)c2ccc(C)cc2)cc1OC. The van der Waals surface area contributed by atoms with E-state index in [2.05, 4.69) is 38.2 Å². The van der Waals surface area contributed by atoms with Crippen LogP contribution in [0.3, 0.4) is 0 Å². The van der Waals surface area contributed by atoms with E-state index in [0.29, 0.717) is 11.5 Å². The Morgan fingerprint density at radius 1 is 0.919 bits per heavy atom. The minimum absolute atomic E-state index is 0.0231. The molecule has 0 saturated carbocycles. The number of sulfonamides is 1. The average Bonchev–Trinajstić information content (AvgIpc) is 2.86. The highest BCUT2D eigenvalue weighted by molar-refractivity contribution is 7.92. The molecule has 0 bridgehead atoms. The molecule has 0 aliphatic rings. The van der Waals surface area contributed by atoms with Crippen LogP contribution in [0.25, 0.3) is 0 Å². The van der Waals surface area contributed by atoms with Crippen molar-refractivity contribution in [2.75, 3.05) is 25.1 Å². The first-order valence-electron chi connectivity index (χ1n) is 12.1. The molecule has 0 aliphatic heterocycles. The molecule has 0 aromatic heterocycles. The zero-order valence-corrected chi connectivity index (χ0v) is 23.3. The number of hydrogen-bond donors (Lipinski definition) is 1. The van der Waals surface area contributed by atoms with Crippen LogP contribution in [0, 0.1) is 6.92 Å². The monoisotopic (exact) mass is 524 g/mol. The van der Waals surface area contributed by atoms with Crippen LogP contribution in [-0.2, 0) is 20.2 Å². The maximum Gasteiger partial charge on any atom is 0.264 e. The average molecular weight is 525 g/mol. The van der Waals surface area contributed by atoms with Gasteiger partial charge in [-0.15, -0.1) is 0 Å². The number of amides is 1. The van der Waals surface area contributed by atoms with Crippen LogP contribution in [0.5, 0.6) is 11.5 Å². The zero-order chi connectivity index (χ0) is 27.4. The molecule has 1 N–H and O–H groups in total. The predicted octanol–water partition coefficient (Wildman–Crippen LogP) is 5.38. The fraction of sp³-hybridized carbons (Fsp3) is 0.345. The Morgan fingerprint density at radius 3 is 2.05 bits per heavy atom. The van der Waals surface area contributed by atoms with Crippen LogP contribution in [0.1, 0.15) is 50.4 Å². The molecule has 0 radical (unpaired) electrons. The highest BCUT2D eigenvalue weighted by Gasteiger charge is 2.28. The second-order valence-corrected chi connectivity index (χ2v) is 11.9. The summed E-state index contributed by atoms with van der Waals surface area (Å²) in [6, 6.07) is 19.0. The highest BCUT2D eigenvalue weighted by atomic mass is 32.2. The van der Waals surface area contributed by atoms with Gasteiger partial charge in [0.05, 0.1) is 30.8 Å². The molecule has 3 aromatic carbocycles. The van der Waals surface area contributed by atoms with Crippen molar-refractivity contribution in [2.24, 2.45) is 0 Å². The lowest BCUT2D eigenvalue weighted by atomic mass is 9.86. The summed E-state index contributed by atoms with van der Waals surface area (Å²) in [5, 5.41) is 2.94. The van der Waals surface area contributed by atoms with Crippen LogP contribution in [0.15, 0.2) is 71.6 Å². The van der Waals surface area contributed by atoms with E-state index < -0.39 is 22.5 Å². The van der Waals surface area contributed by atoms with Gasteiger partial charge in [-0.25, -0.2) is 8.42 Å². The normalized spacial score (nSPS) is 12.5. The lowest BCUT2D eigenvalue weighted by Crippen LogP contribution is -2.41. The van der Waals surface area contributed by atoms with Crippen molar-refractivity contribution in [2.45, 2.75) is 51.0 Å². The lowest BCUT2D eigenvalue weighted by molar-refractivity contribution is -0.120. The summed E-state index contributed by atoms with van der Waals surface area (Å²) >= 11 is 0. The van der Waals surface area contributed by atoms with Crippen molar-refractivity contribution < 1.29 is 22.7 Å². The summed E-state index contributed by atoms with van der Waals surface area (Å²) in [6.07, 6.45) is 0. The van der Waals surface area contributed by atoms with Gasteiger partial charge in [0.15, 0.2) is 11.5 Å². The number of rotatable bonds is 9. The van der Waals surface area contributed by atoms with Crippen molar-refractivity contribution >= 4 is 21.6 Å². The Morgan fingerprint density at radius 2 is 1.51 bits per heavy atom. The fourth-order valence-electron chi connectivity index (χ4n) is 3.91. The van der Waals surface area contributed by atoms with Crippen molar-refractivity contribution in [3.8, 4) is 11.5 Å². The summed E-state index contributed by atoms with van der Waals surface area (Å²) in [5.41, 5.74) is 3.37. The Kier molecular flexibility index (Phi) is 8.53. The summed E-state index contributed by atoms with van der Waals surface area (Å²) in [6.45, 7) is 9.78. The lowest BCUT2D eigenvalue weighted by Gasteiger charge is -2.26. The fourth-order valence-corrected chi connectivity index (χ4v) is 5.32. The predicted molar refractivity (Wildman–Crippen MR) is 147 cm³/mol. The molecule has 1 amide bonds. The van der Waals surface area contributed by atoms with Crippen molar-refractivity contribution in [1.29, 1.82) is 0 Å². The van der Waals surface area contributed by atoms with Gasteiger partial charge < -0.3 is 14.8 Å². The van der Waals surface area contributed by atoms with E-state index in [4.69, 9.17) is 9.47 Å². The Labute approximate surface area is 220 Å². The first kappa shape index (κ1) is 28.1. The molecule has 1 atom stereocenters. The number of benzene rings is 3. The number of nitrogens with zero attached hydrogens (tertiary/aromatic N) is 1. The maximum absolute atomic E-state index is 13.7. The van der Waals surface area contributed by atoms with E-state index in [9.17, 15) is 13.2 Å². The Bertz CT molecular complexity index is 1330. The molecule has 0 fully saturated rings. The van der Waals surface area contributed by atoms with Gasteiger partial charge >= 0.3 is 0 Å². The van der Waals surface area contributed by atoms with Crippen LogP contribution >= 0.6 is 0 Å². The number of ether oxygens (including phenoxy) is 2. The number of carbonyl (C=O) groups excluding carboxylic acids is 1. The van der Waals surface area contributed by atoms with Crippen LogP contribution in [0.2, 0.25) is 0 Å². The molecule has 3 aromatic rings. The van der Waals surface area contributed by atoms with E-state index in [1.807, 2.05) is 26.0 Å². The van der Waals surface area contributed by atoms with Gasteiger partial charge in [0, 0.05) is 6.07 Å². The Balaban J connectivity index is 1.91. The number of carbonyl (C=O) groups is 1. The largest absolute Gasteiger partial charge is 0.493 e. The first-order valence-corrected chi connectivity index (χ1v) is 13.5. The van der Waals surface area contributed by atoms with Crippen LogP contribution in [0.4, 0.5) is 5.69 Å². The number of aryl methyl sites for hydroxylation is 1. The molecule has 8 heteroatoms. The quantitative estimate of drug-likeness (QED) is 0.406. The third kappa shape index (κ3) is 6.63. The maximum atomic E-state index is 13.7. The molecule has 1 unspecified atom stereocenters. The van der Waals surface area contributed by atoms with E-state index in [1.54, 1.807) is 30.3 Å². The smallest absolute Gasteiger partial charge is 0.264 e. The topological polar surface area (TPSA) is 84.9 Å². The summed E-state index contributed by atoms with van der Waals surface area (Å²) in [4.78, 5) is 13.3.